The first-order valence-corrected chi connectivity index (χ1v) is 10.4. The maximum atomic E-state index is 11.0. The van der Waals surface area contributed by atoms with E-state index in [1.807, 2.05) is 6.07 Å². The molecule has 1 saturated heterocycles. The van der Waals surface area contributed by atoms with E-state index in [1.165, 1.54) is 24.4 Å². The highest BCUT2D eigenvalue weighted by Gasteiger charge is 2.19. The molecule has 11 heteroatoms. The number of benzene rings is 2. The lowest BCUT2D eigenvalue weighted by molar-refractivity contribution is -0.383. The SMILES string of the molecule is O=[N+]([O-])c1ccc(Cl)c2cccnc12.O=[N+]([O-])c1ccc(N2CCOCC2)c2cccnc12. The van der Waals surface area contributed by atoms with E-state index in [1.54, 1.807) is 30.5 Å². The fourth-order valence-corrected chi connectivity index (χ4v) is 3.86. The highest BCUT2D eigenvalue weighted by atomic mass is 35.5. The fraction of sp³-hybridized carbons (Fsp3) is 0.182. The second-order valence-electron chi connectivity index (χ2n) is 7.08. The number of halogens is 1. The summed E-state index contributed by atoms with van der Waals surface area (Å²) in [4.78, 5) is 31.1. The Bertz CT molecular complexity index is 1340. The Balaban J connectivity index is 0.000000165. The van der Waals surface area contributed by atoms with Crippen LogP contribution in [0.3, 0.4) is 0 Å². The first kappa shape index (κ1) is 22.3. The fourth-order valence-electron chi connectivity index (χ4n) is 3.64. The third kappa shape index (κ3) is 4.66. The molecule has 1 aliphatic heterocycles. The molecule has 168 valence electrons. The van der Waals surface area contributed by atoms with Crippen molar-refractivity contribution in [2.75, 3.05) is 31.2 Å². The molecule has 0 bridgehead atoms. The summed E-state index contributed by atoms with van der Waals surface area (Å²) in [6.07, 6.45) is 3.09. The number of morpholine rings is 1. The third-order valence-electron chi connectivity index (χ3n) is 5.17. The molecule has 2 aromatic heterocycles. The number of pyridine rings is 2. The van der Waals surface area contributed by atoms with E-state index in [0.717, 1.165) is 24.2 Å². The Morgan fingerprint density at radius 2 is 1.36 bits per heavy atom. The maximum absolute atomic E-state index is 11.0. The van der Waals surface area contributed by atoms with Crippen LogP contribution in [0.1, 0.15) is 0 Å². The van der Waals surface area contributed by atoms with Gasteiger partial charge in [-0.1, -0.05) is 11.6 Å². The van der Waals surface area contributed by atoms with Crippen molar-refractivity contribution in [3.8, 4) is 0 Å². The molecule has 0 radical (unpaired) electrons. The number of nitro benzene ring substituents is 2. The topological polar surface area (TPSA) is 125 Å². The van der Waals surface area contributed by atoms with Gasteiger partial charge in [0, 0.05) is 54.1 Å². The standard InChI is InChI=1S/C13H13N3O3.C9H5ClN2O2/c17-16(18)12-4-3-11(15-6-8-19-9-7-15)10-2-1-5-14-13(10)12;10-7-3-4-8(12(13)14)9-6(7)2-1-5-11-9/h1-5H,6-9H2;1-5H. The molecule has 0 aliphatic carbocycles. The van der Waals surface area contributed by atoms with Gasteiger partial charge < -0.3 is 9.64 Å². The summed E-state index contributed by atoms with van der Waals surface area (Å²) in [7, 11) is 0. The summed E-state index contributed by atoms with van der Waals surface area (Å²) < 4.78 is 5.33. The van der Waals surface area contributed by atoms with E-state index in [2.05, 4.69) is 14.9 Å². The summed E-state index contributed by atoms with van der Waals surface area (Å²) in [5.41, 5.74) is 1.77. The Hall–Kier alpha value is -3.89. The van der Waals surface area contributed by atoms with Gasteiger partial charge in [0.1, 0.15) is 11.0 Å². The summed E-state index contributed by atoms with van der Waals surface area (Å²) in [5, 5.41) is 23.6. The van der Waals surface area contributed by atoms with Gasteiger partial charge in [-0.05, 0) is 36.4 Å². The Kier molecular flexibility index (Phi) is 6.57. The first-order chi connectivity index (χ1) is 16.0. The predicted octanol–water partition coefficient (Wildman–Crippen LogP) is 4.78. The van der Waals surface area contributed by atoms with E-state index >= 15 is 0 Å². The van der Waals surface area contributed by atoms with E-state index in [9.17, 15) is 20.2 Å². The molecule has 1 fully saturated rings. The molecule has 1 aliphatic rings. The molecule has 3 heterocycles. The molecule has 0 unspecified atom stereocenters. The van der Waals surface area contributed by atoms with Crippen LogP contribution in [0.15, 0.2) is 60.9 Å². The minimum Gasteiger partial charge on any atom is -0.378 e. The number of rotatable bonds is 3. The number of ether oxygens (including phenoxy) is 1. The van der Waals surface area contributed by atoms with Crippen LogP contribution in [0.5, 0.6) is 0 Å². The van der Waals surface area contributed by atoms with Gasteiger partial charge in [0.15, 0.2) is 0 Å². The number of anilines is 1. The van der Waals surface area contributed by atoms with Crippen molar-refractivity contribution >= 4 is 50.5 Å². The van der Waals surface area contributed by atoms with Crippen molar-refractivity contribution in [1.82, 2.24) is 9.97 Å². The molecule has 0 saturated carbocycles. The molecule has 0 N–H and O–H groups in total. The second kappa shape index (κ2) is 9.72. The first-order valence-electron chi connectivity index (χ1n) is 10.00. The molecule has 0 atom stereocenters. The lowest BCUT2D eigenvalue weighted by Crippen LogP contribution is -2.36. The largest absolute Gasteiger partial charge is 0.378 e. The highest BCUT2D eigenvalue weighted by molar-refractivity contribution is 6.35. The van der Waals surface area contributed by atoms with Crippen LogP contribution < -0.4 is 4.90 Å². The monoisotopic (exact) mass is 467 g/mol. The van der Waals surface area contributed by atoms with Gasteiger partial charge >= 0.3 is 0 Å². The highest BCUT2D eigenvalue weighted by Crippen LogP contribution is 2.32. The summed E-state index contributed by atoms with van der Waals surface area (Å²) in [6, 6.07) is 13.3. The number of non-ortho nitro benzene ring substituents is 2. The zero-order valence-corrected chi connectivity index (χ0v) is 18.0. The van der Waals surface area contributed by atoms with Crippen LogP contribution >= 0.6 is 11.6 Å². The molecule has 0 spiro atoms. The van der Waals surface area contributed by atoms with Crippen molar-refractivity contribution < 1.29 is 14.6 Å². The maximum Gasteiger partial charge on any atom is 0.295 e. The summed E-state index contributed by atoms with van der Waals surface area (Å²) in [5.74, 6) is 0. The normalized spacial score (nSPS) is 13.4. The van der Waals surface area contributed by atoms with Gasteiger partial charge in [-0.3, -0.25) is 20.2 Å². The zero-order chi connectivity index (χ0) is 23.4. The quantitative estimate of drug-likeness (QED) is 0.311. The lowest BCUT2D eigenvalue weighted by atomic mass is 10.1. The van der Waals surface area contributed by atoms with Crippen LogP contribution in [0, 0.1) is 20.2 Å². The zero-order valence-electron chi connectivity index (χ0n) is 17.3. The molecule has 0 amide bonds. The van der Waals surface area contributed by atoms with Gasteiger partial charge in [0.2, 0.25) is 0 Å². The van der Waals surface area contributed by atoms with E-state index < -0.39 is 9.85 Å². The second-order valence-corrected chi connectivity index (χ2v) is 7.49. The van der Waals surface area contributed by atoms with Gasteiger partial charge in [-0.2, -0.15) is 0 Å². The number of hydrogen-bond acceptors (Lipinski definition) is 8. The average Bonchev–Trinajstić information content (AvgIpc) is 2.84. The van der Waals surface area contributed by atoms with E-state index in [0.29, 0.717) is 34.7 Å². The smallest absolute Gasteiger partial charge is 0.295 e. The minimum absolute atomic E-state index is 0.0231. The van der Waals surface area contributed by atoms with Crippen molar-refractivity contribution in [3.05, 3.63) is 86.2 Å². The van der Waals surface area contributed by atoms with Crippen LogP contribution in [0.2, 0.25) is 5.02 Å². The number of nitro groups is 2. The molecule has 33 heavy (non-hydrogen) atoms. The molecule has 4 aromatic rings. The van der Waals surface area contributed by atoms with E-state index in [4.69, 9.17) is 16.3 Å². The van der Waals surface area contributed by atoms with Gasteiger partial charge in [-0.25, -0.2) is 9.97 Å². The van der Waals surface area contributed by atoms with Gasteiger partial charge in [0.05, 0.1) is 28.1 Å². The third-order valence-corrected chi connectivity index (χ3v) is 5.50. The van der Waals surface area contributed by atoms with Gasteiger partial charge in [0.25, 0.3) is 11.4 Å². The minimum atomic E-state index is -0.467. The Morgan fingerprint density at radius 3 is 1.97 bits per heavy atom. The average molecular weight is 468 g/mol. The van der Waals surface area contributed by atoms with Crippen LogP contribution in [0.25, 0.3) is 21.8 Å². The Labute approximate surface area is 192 Å². The van der Waals surface area contributed by atoms with Crippen molar-refractivity contribution in [2.45, 2.75) is 0 Å². The number of aromatic nitrogens is 2. The predicted molar refractivity (Wildman–Crippen MR) is 125 cm³/mol. The van der Waals surface area contributed by atoms with Crippen molar-refractivity contribution in [1.29, 1.82) is 0 Å². The van der Waals surface area contributed by atoms with E-state index in [-0.39, 0.29) is 11.4 Å². The summed E-state index contributed by atoms with van der Waals surface area (Å²) >= 11 is 5.87. The molecule has 2 aromatic carbocycles. The van der Waals surface area contributed by atoms with Crippen LogP contribution in [0.4, 0.5) is 17.1 Å². The van der Waals surface area contributed by atoms with Gasteiger partial charge in [-0.15, -0.1) is 0 Å². The van der Waals surface area contributed by atoms with Crippen molar-refractivity contribution in [2.24, 2.45) is 0 Å². The Morgan fingerprint density at radius 1 is 0.818 bits per heavy atom. The van der Waals surface area contributed by atoms with Crippen molar-refractivity contribution in [3.63, 3.8) is 0 Å². The molecule has 5 rings (SSSR count). The molecular weight excluding hydrogens is 450 g/mol. The van der Waals surface area contributed by atoms with Crippen LogP contribution in [-0.2, 0) is 4.74 Å². The summed E-state index contributed by atoms with van der Waals surface area (Å²) in [6.45, 7) is 2.95. The number of nitrogens with zero attached hydrogens (tertiary/aromatic N) is 5. The van der Waals surface area contributed by atoms with Crippen LogP contribution in [-0.4, -0.2) is 46.1 Å². The molecule has 10 nitrogen and oxygen atoms in total. The number of hydrogen-bond donors (Lipinski definition) is 0. The lowest BCUT2D eigenvalue weighted by Gasteiger charge is -2.29. The number of fused-ring (bicyclic) bond motifs is 2. The molecular formula is C22H18ClN5O5.